The van der Waals surface area contributed by atoms with Gasteiger partial charge >= 0.3 is 0 Å². The number of nitrogens with one attached hydrogen (secondary N) is 1. The Morgan fingerprint density at radius 3 is 2.95 bits per heavy atom. The SMILES string of the molecule is Cc1c(C#CCN)cccc1C(=O)Nc1ccncc1F. The number of carbonyl (C=O) groups excluding carboxylic acids is 1. The zero-order valence-corrected chi connectivity index (χ0v) is 11.5. The van der Waals surface area contributed by atoms with E-state index in [0.29, 0.717) is 5.56 Å². The third-order valence-electron chi connectivity index (χ3n) is 2.92. The zero-order valence-electron chi connectivity index (χ0n) is 11.5. The molecule has 0 aliphatic rings. The van der Waals surface area contributed by atoms with Crippen LogP contribution in [0.1, 0.15) is 21.5 Å². The molecule has 1 amide bonds. The molecule has 0 aliphatic carbocycles. The summed E-state index contributed by atoms with van der Waals surface area (Å²) in [4.78, 5) is 15.9. The molecule has 0 saturated heterocycles. The first kappa shape index (κ1) is 14.7. The van der Waals surface area contributed by atoms with Crippen LogP contribution in [0.2, 0.25) is 0 Å². The molecule has 0 bridgehead atoms. The Bertz CT molecular complexity index is 732. The molecule has 5 heteroatoms. The van der Waals surface area contributed by atoms with Crippen molar-refractivity contribution in [2.24, 2.45) is 5.73 Å². The molecule has 0 aliphatic heterocycles. The Kier molecular flexibility index (Phi) is 4.64. The van der Waals surface area contributed by atoms with Gasteiger partial charge in [-0.25, -0.2) is 4.39 Å². The summed E-state index contributed by atoms with van der Waals surface area (Å²) in [7, 11) is 0. The first-order valence-corrected chi connectivity index (χ1v) is 6.33. The standard InChI is InChI=1S/C16H14FN3O/c1-11-12(5-3-8-18)4-2-6-13(11)16(21)20-15-7-9-19-10-14(15)17/h2,4,6-7,9-10H,8,18H2,1H3,(H,19,20,21). The molecule has 0 radical (unpaired) electrons. The first-order valence-electron chi connectivity index (χ1n) is 6.33. The summed E-state index contributed by atoms with van der Waals surface area (Å²) >= 11 is 0. The summed E-state index contributed by atoms with van der Waals surface area (Å²) in [6.45, 7) is 2.04. The minimum atomic E-state index is -0.581. The van der Waals surface area contributed by atoms with Gasteiger partial charge in [0, 0.05) is 17.3 Å². The van der Waals surface area contributed by atoms with Crippen LogP contribution >= 0.6 is 0 Å². The van der Waals surface area contributed by atoms with Crippen LogP contribution < -0.4 is 11.1 Å². The lowest BCUT2D eigenvalue weighted by Gasteiger charge is -2.09. The first-order chi connectivity index (χ1) is 10.1. The van der Waals surface area contributed by atoms with Gasteiger partial charge < -0.3 is 11.1 Å². The van der Waals surface area contributed by atoms with Crippen molar-refractivity contribution in [1.82, 2.24) is 4.98 Å². The lowest BCUT2D eigenvalue weighted by Crippen LogP contribution is -2.15. The van der Waals surface area contributed by atoms with Gasteiger partial charge in [-0.15, -0.1) is 0 Å². The largest absolute Gasteiger partial charge is 0.320 e. The molecule has 106 valence electrons. The molecule has 21 heavy (non-hydrogen) atoms. The van der Waals surface area contributed by atoms with E-state index < -0.39 is 11.7 Å². The minimum absolute atomic E-state index is 0.0906. The van der Waals surface area contributed by atoms with E-state index in [2.05, 4.69) is 22.1 Å². The number of nitrogens with two attached hydrogens (primary N) is 1. The number of benzene rings is 1. The van der Waals surface area contributed by atoms with Gasteiger partial charge in [0.2, 0.25) is 0 Å². The molecule has 1 aromatic heterocycles. The van der Waals surface area contributed by atoms with Crippen LogP contribution in [0.25, 0.3) is 0 Å². The highest BCUT2D eigenvalue weighted by Crippen LogP contribution is 2.17. The molecule has 0 atom stereocenters. The summed E-state index contributed by atoms with van der Waals surface area (Å²) in [6.07, 6.45) is 2.46. The lowest BCUT2D eigenvalue weighted by molar-refractivity contribution is 0.102. The summed E-state index contributed by atoms with van der Waals surface area (Å²) in [5, 5.41) is 2.52. The molecule has 4 nitrogen and oxygen atoms in total. The smallest absolute Gasteiger partial charge is 0.256 e. The van der Waals surface area contributed by atoms with Gasteiger partial charge in [0.25, 0.3) is 5.91 Å². The van der Waals surface area contributed by atoms with Crippen LogP contribution in [0.5, 0.6) is 0 Å². The van der Waals surface area contributed by atoms with Gasteiger partial charge in [0.05, 0.1) is 18.4 Å². The number of nitrogens with zero attached hydrogens (tertiary/aromatic N) is 1. The van der Waals surface area contributed by atoms with E-state index in [0.717, 1.165) is 17.3 Å². The fraction of sp³-hybridized carbons (Fsp3) is 0.125. The number of rotatable bonds is 2. The number of anilines is 1. The fourth-order valence-electron chi connectivity index (χ4n) is 1.83. The highest BCUT2D eigenvalue weighted by molar-refractivity contribution is 6.05. The maximum atomic E-state index is 13.5. The molecule has 1 heterocycles. The van der Waals surface area contributed by atoms with Gasteiger partial charge in [0.15, 0.2) is 5.82 Å². The van der Waals surface area contributed by atoms with Crippen molar-refractivity contribution in [2.45, 2.75) is 6.92 Å². The van der Waals surface area contributed by atoms with Crippen molar-refractivity contribution in [2.75, 3.05) is 11.9 Å². The van der Waals surface area contributed by atoms with Gasteiger partial charge in [-0.1, -0.05) is 17.9 Å². The highest BCUT2D eigenvalue weighted by atomic mass is 19.1. The third-order valence-corrected chi connectivity index (χ3v) is 2.92. The average Bonchev–Trinajstić information content (AvgIpc) is 2.48. The van der Waals surface area contributed by atoms with E-state index in [-0.39, 0.29) is 12.2 Å². The van der Waals surface area contributed by atoms with E-state index >= 15 is 0 Å². The molecule has 3 N–H and O–H groups in total. The maximum absolute atomic E-state index is 13.5. The van der Waals surface area contributed by atoms with Crippen molar-refractivity contribution < 1.29 is 9.18 Å². The second-order valence-corrected chi connectivity index (χ2v) is 4.29. The monoisotopic (exact) mass is 283 g/mol. The van der Waals surface area contributed by atoms with Crippen molar-refractivity contribution in [3.05, 3.63) is 59.2 Å². The van der Waals surface area contributed by atoms with E-state index in [1.54, 1.807) is 19.1 Å². The Morgan fingerprint density at radius 1 is 1.43 bits per heavy atom. The quantitative estimate of drug-likeness (QED) is 0.829. The van der Waals surface area contributed by atoms with Gasteiger partial charge in [0.1, 0.15) is 0 Å². The summed E-state index contributed by atoms with van der Waals surface area (Å²) in [5.74, 6) is 4.68. The molecule has 0 spiro atoms. The van der Waals surface area contributed by atoms with Gasteiger partial charge in [-0.05, 0) is 30.7 Å². The Hall–Kier alpha value is -2.71. The van der Waals surface area contributed by atoms with Crippen LogP contribution in [0.4, 0.5) is 10.1 Å². The molecular weight excluding hydrogens is 269 g/mol. The zero-order chi connectivity index (χ0) is 15.2. The number of carbonyl (C=O) groups is 1. The average molecular weight is 283 g/mol. The normalized spacial score (nSPS) is 9.67. The van der Waals surface area contributed by atoms with E-state index in [1.165, 1.54) is 12.3 Å². The van der Waals surface area contributed by atoms with Crippen LogP contribution in [0, 0.1) is 24.6 Å². The van der Waals surface area contributed by atoms with Crippen molar-refractivity contribution >= 4 is 11.6 Å². The molecule has 1 aromatic carbocycles. The molecule has 2 aromatic rings. The van der Waals surface area contributed by atoms with Gasteiger partial charge in [-0.2, -0.15) is 0 Å². The Morgan fingerprint density at radius 2 is 2.24 bits per heavy atom. The fourth-order valence-corrected chi connectivity index (χ4v) is 1.83. The molecular formula is C16H14FN3O. The number of halogens is 1. The molecule has 0 unspecified atom stereocenters. The number of hydrogen-bond donors (Lipinski definition) is 2. The highest BCUT2D eigenvalue weighted by Gasteiger charge is 2.13. The predicted molar refractivity (Wildman–Crippen MR) is 79.3 cm³/mol. The van der Waals surface area contributed by atoms with Crippen LogP contribution in [-0.4, -0.2) is 17.4 Å². The van der Waals surface area contributed by atoms with Crippen molar-refractivity contribution in [3.63, 3.8) is 0 Å². The summed E-state index contributed by atoms with van der Waals surface area (Å²) in [6, 6.07) is 6.60. The summed E-state index contributed by atoms with van der Waals surface area (Å²) in [5.41, 5.74) is 7.33. The van der Waals surface area contributed by atoms with Crippen LogP contribution in [0.3, 0.4) is 0 Å². The van der Waals surface area contributed by atoms with Crippen molar-refractivity contribution in [3.8, 4) is 11.8 Å². The van der Waals surface area contributed by atoms with Gasteiger partial charge in [-0.3, -0.25) is 9.78 Å². The van der Waals surface area contributed by atoms with Crippen molar-refractivity contribution in [1.29, 1.82) is 0 Å². The predicted octanol–water partition coefficient (Wildman–Crippen LogP) is 2.09. The second kappa shape index (κ2) is 6.64. The summed E-state index contributed by atoms with van der Waals surface area (Å²) < 4.78 is 13.5. The van der Waals surface area contributed by atoms with Crippen LogP contribution in [0.15, 0.2) is 36.7 Å². The Balaban J connectivity index is 2.30. The third kappa shape index (κ3) is 3.44. The van der Waals surface area contributed by atoms with Crippen LogP contribution in [-0.2, 0) is 0 Å². The molecule has 0 saturated carbocycles. The van der Waals surface area contributed by atoms with E-state index in [9.17, 15) is 9.18 Å². The lowest BCUT2D eigenvalue weighted by atomic mass is 10.0. The molecule has 0 fully saturated rings. The number of aromatic nitrogens is 1. The topological polar surface area (TPSA) is 68.0 Å². The van der Waals surface area contributed by atoms with E-state index in [1.807, 2.05) is 6.07 Å². The van der Waals surface area contributed by atoms with E-state index in [4.69, 9.17) is 5.73 Å². The Labute approximate surface area is 122 Å². The number of pyridine rings is 1. The number of amides is 1. The minimum Gasteiger partial charge on any atom is -0.320 e. The molecule has 2 rings (SSSR count). The number of hydrogen-bond acceptors (Lipinski definition) is 3. The second-order valence-electron chi connectivity index (χ2n) is 4.29. The maximum Gasteiger partial charge on any atom is 0.256 e.